The number of rotatable bonds is 3. The van der Waals surface area contributed by atoms with Gasteiger partial charge < -0.3 is 9.47 Å². The molecule has 0 heterocycles. The fourth-order valence-corrected chi connectivity index (χ4v) is 2.02. The number of hydrogen-bond donors (Lipinski definition) is 0. The third kappa shape index (κ3) is 2.21. The summed E-state index contributed by atoms with van der Waals surface area (Å²) in [5, 5.41) is 2.32. The highest BCUT2D eigenvalue weighted by Crippen LogP contribution is 2.37. The van der Waals surface area contributed by atoms with Crippen LogP contribution in [0, 0.1) is 6.92 Å². The summed E-state index contributed by atoms with van der Waals surface area (Å²) in [6.45, 7) is 6.14. The Morgan fingerprint density at radius 2 is 1.82 bits per heavy atom. The van der Waals surface area contributed by atoms with Crippen molar-refractivity contribution in [2.45, 2.75) is 26.9 Å². The summed E-state index contributed by atoms with van der Waals surface area (Å²) < 4.78 is 11.3. The number of aryl methyl sites for hydroxylation is 1. The third-order valence-corrected chi connectivity index (χ3v) is 2.74. The molecule has 0 N–H and O–H groups in total. The van der Waals surface area contributed by atoms with E-state index in [1.165, 1.54) is 10.9 Å². The molecular weight excluding hydrogens is 212 g/mol. The standard InChI is InChI=1S/C15H18O2/c1-10(2)17-15-13(16-4)9-8-12-7-5-6-11(3)14(12)15/h5-10H,1-4H3. The molecule has 2 nitrogen and oxygen atoms in total. The number of hydrogen-bond acceptors (Lipinski definition) is 2. The fourth-order valence-electron chi connectivity index (χ4n) is 2.02. The molecule has 2 aromatic rings. The molecule has 0 fully saturated rings. The molecule has 17 heavy (non-hydrogen) atoms. The minimum atomic E-state index is 0.133. The van der Waals surface area contributed by atoms with Crippen LogP contribution >= 0.6 is 0 Å². The average molecular weight is 230 g/mol. The van der Waals surface area contributed by atoms with Gasteiger partial charge in [-0.2, -0.15) is 0 Å². The average Bonchev–Trinajstić information content (AvgIpc) is 2.28. The molecule has 0 bridgehead atoms. The highest BCUT2D eigenvalue weighted by atomic mass is 16.5. The maximum Gasteiger partial charge on any atom is 0.169 e. The van der Waals surface area contributed by atoms with Crippen LogP contribution in [0.3, 0.4) is 0 Å². The van der Waals surface area contributed by atoms with Gasteiger partial charge in [-0.05, 0) is 37.8 Å². The second-order valence-corrected chi connectivity index (χ2v) is 4.44. The number of methoxy groups -OCH3 is 1. The molecule has 0 amide bonds. The maximum absolute atomic E-state index is 5.91. The molecule has 2 aromatic carbocycles. The van der Waals surface area contributed by atoms with Gasteiger partial charge in [0.1, 0.15) is 0 Å². The zero-order valence-electron chi connectivity index (χ0n) is 10.8. The Balaban J connectivity index is 2.72. The third-order valence-electron chi connectivity index (χ3n) is 2.74. The largest absolute Gasteiger partial charge is 0.493 e. The second kappa shape index (κ2) is 4.66. The first-order chi connectivity index (χ1) is 8.13. The van der Waals surface area contributed by atoms with Crippen LogP contribution in [0.2, 0.25) is 0 Å². The van der Waals surface area contributed by atoms with E-state index in [1.54, 1.807) is 7.11 Å². The van der Waals surface area contributed by atoms with Crippen molar-refractivity contribution in [2.75, 3.05) is 7.11 Å². The summed E-state index contributed by atoms with van der Waals surface area (Å²) in [4.78, 5) is 0. The van der Waals surface area contributed by atoms with E-state index >= 15 is 0 Å². The lowest BCUT2D eigenvalue weighted by atomic mass is 10.0. The van der Waals surface area contributed by atoms with Gasteiger partial charge in [-0.3, -0.25) is 0 Å². The molecule has 2 rings (SSSR count). The molecule has 0 aliphatic heterocycles. The minimum absolute atomic E-state index is 0.133. The van der Waals surface area contributed by atoms with Crippen molar-refractivity contribution in [1.29, 1.82) is 0 Å². The molecule has 0 aliphatic rings. The van der Waals surface area contributed by atoms with E-state index in [2.05, 4.69) is 31.2 Å². The monoisotopic (exact) mass is 230 g/mol. The molecule has 0 saturated heterocycles. The predicted molar refractivity (Wildman–Crippen MR) is 71.0 cm³/mol. The van der Waals surface area contributed by atoms with Crippen molar-refractivity contribution >= 4 is 10.8 Å². The van der Waals surface area contributed by atoms with Crippen molar-refractivity contribution in [3.05, 3.63) is 35.9 Å². The molecule has 0 saturated carbocycles. The lowest BCUT2D eigenvalue weighted by Crippen LogP contribution is -2.07. The molecule has 0 spiro atoms. The summed E-state index contributed by atoms with van der Waals surface area (Å²) in [5.41, 5.74) is 1.21. The Morgan fingerprint density at radius 1 is 1.06 bits per heavy atom. The van der Waals surface area contributed by atoms with Crippen molar-refractivity contribution < 1.29 is 9.47 Å². The summed E-state index contributed by atoms with van der Waals surface area (Å²) in [5.74, 6) is 1.64. The van der Waals surface area contributed by atoms with Crippen molar-refractivity contribution in [3.8, 4) is 11.5 Å². The van der Waals surface area contributed by atoms with E-state index in [0.29, 0.717) is 0 Å². The number of ether oxygens (including phenoxy) is 2. The number of benzene rings is 2. The quantitative estimate of drug-likeness (QED) is 0.795. The van der Waals surface area contributed by atoms with Gasteiger partial charge in [0.15, 0.2) is 11.5 Å². The normalized spacial score (nSPS) is 10.9. The first kappa shape index (κ1) is 11.8. The zero-order valence-corrected chi connectivity index (χ0v) is 10.8. The summed E-state index contributed by atoms with van der Waals surface area (Å²) in [6.07, 6.45) is 0.133. The van der Waals surface area contributed by atoms with Crippen LogP contribution in [0.25, 0.3) is 10.8 Å². The van der Waals surface area contributed by atoms with Crippen LogP contribution in [-0.2, 0) is 0 Å². The van der Waals surface area contributed by atoms with E-state index < -0.39 is 0 Å². The maximum atomic E-state index is 5.91. The zero-order chi connectivity index (χ0) is 12.4. The summed E-state index contributed by atoms with van der Waals surface area (Å²) >= 11 is 0. The van der Waals surface area contributed by atoms with Gasteiger partial charge in [-0.1, -0.05) is 24.3 Å². The SMILES string of the molecule is COc1ccc2cccc(C)c2c1OC(C)C. The molecule has 0 atom stereocenters. The lowest BCUT2D eigenvalue weighted by molar-refractivity contribution is 0.233. The molecule has 90 valence electrons. The van der Waals surface area contributed by atoms with Crippen LogP contribution < -0.4 is 9.47 Å². The molecule has 2 heteroatoms. The van der Waals surface area contributed by atoms with Crippen LogP contribution in [0.4, 0.5) is 0 Å². The van der Waals surface area contributed by atoms with Crippen molar-refractivity contribution in [3.63, 3.8) is 0 Å². The Bertz CT molecular complexity index is 530. The Morgan fingerprint density at radius 3 is 2.47 bits per heavy atom. The van der Waals surface area contributed by atoms with Crippen molar-refractivity contribution in [1.82, 2.24) is 0 Å². The molecule has 0 unspecified atom stereocenters. The van der Waals surface area contributed by atoms with Crippen LogP contribution in [0.1, 0.15) is 19.4 Å². The van der Waals surface area contributed by atoms with Gasteiger partial charge in [-0.25, -0.2) is 0 Å². The minimum Gasteiger partial charge on any atom is -0.493 e. The Labute approximate surface area is 102 Å². The van der Waals surface area contributed by atoms with E-state index in [4.69, 9.17) is 9.47 Å². The van der Waals surface area contributed by atoms with Crippen molar-refractivity contribution in [2.24, 2.45) is 0 Å². The first-order valence-electron chi connectivity index (χ1n) is 5.86. The smallest absolute Gasteiger partial charge is 0.169 e. The van der Waals surface area contributed by atoms with Crippen LogP contribution in [0.5, 0.6) is 11.5 Å². The number of fused-ring (bicyclic) bond motifs is 1. The van der Waals surface area contributed by atoms with Gasteiger partial charge in [0.2, 0.25) is 0 Å². The van der Waals surface area contributed by atoms with Gasteiger partial charge in [0.05, 0.1) is 13.2 Å². The molecule has 0 aliphatic carbocycles. The van der Waals surface area contributed by atoms with Crippen LogP contribution in [-0.4, -0.2) is 13.2 Å². The topological polar surface area (TPSA) is 18.5 Å². The van der Waals surface area contributed by atoms with E-state index in [0.717, 1.165) is 16.9 Å². The highest BCUT2D eigenvalue weighted by molar-refractivity contribution is 5.93. The van der Waals surface area contributed by atoms with Gasteiger partial charge in [-0.15, -0.1) is 0 Å². The molecule has 0 aromatic heterocycles. The molecular formula is C15H18O2. The predicted octanol–water partition coefficient (Wildman–Crippen LogP) is 3.94. The van der Waals surface area contributed by atoms with E-state index in [9.17, 15) is 0 Å². The van der Waals surface area contributed by atoms with E-state index in [-0.39, 0.29) is 6.10 Å². The van der Waals surface area contributed by atoms with E-state index in [1.807, 2.05) is 19.9 Å². The highest BCUT2D eigenvalue weighted by Gasteiger charge is 2.12. The second-order valence-electron chi connectivity index (χ2n) is 4.44. The fraction of sp³-hybridized carbons (Fsp3) is 0.333. The summed E-state index contributed by atoms with van der Waals surface area (Å²) in [7, 11) is 1.67. The van der Waals surface area contributed by atoms with Gasteiger partial charge >= 0.3 is 0 Å². The Hall–Kier alpha value is -1.70. The first-order valence-corrected chi connectivity index (χ1v) is 5.86. The van der Waals surface area contributed by atoms with Gasteiger partial charge in [0, 0.05) is 5.39 Å². The molecule has 0 radical (unpaired) electrons. The summed E-state index contributed by atoms with van der Waals surface area (Å²) in [6, 6.07) is 10.3. The lowest BCUT2D eigenvalue weighted by Gasteiger charge is -2.17. The van der Waals surface area contributed by atoms with Crippen LogP contribution in [0.15, 0.2) is 30.3 Å². The van der Waals surface area contributed by atoms with Gasteiger partial charge in [0.25, 0.3) is 0 Å². The Kier molecular flexibility index (Phi) is 3.23.